The number of rotatable bonds is 7. The summed E-state index contributed by atoms with van der Waals surface area (Å²) in [6.07, 6.45) is 1.77. The van der Waals surface area contributed by atoms with Gasteiger partial charge in [-0.25, -0.2) is 9.97 Å². The number of thiophene rings is 1. The van der Waals surface area contributed by atoms with Crippen molar-refractivity contribution in [3.63, 3.8) is 0 Å². The van der Waals surface area contributed by atoms with Crippen LogP contribution in [-0.4, -0.2) is 40.1 Å². The van der Waals surface area contributed by atoms with Crippen molar-refractivity contribution in [1.82, 2.24) is 25.3 Å². The van der Waals surface area contributed by atoms with Crippen LogP contribution >= 0.6 is 11.3 Å². The molecule has 31 heavy (non-hydrogen) atoms. The van der Waals surface area contributed by atoms with Gasteiger partial charge in [-0.1, -0.05) is 30.3 Å². The number of carbonyl (C=O) groups is 1. The molecule has 0 saturated carbocycles. The van der Waals surface area contributed by atoms with Crippen molar-refractivity contribution in [1.29, 1.82) is 0 Å². The molecule has 1 aromatic carbocycles. The molecule has 0 aliphatic heterocycles. The van der Waals surface area contributed by atoms with E-state index < -0.39 is 0 Å². The van der Waals surface area contributed by atoms with E-state index >= 15 is 0 Å². The number of carbonyl (C=O) groups excluding carboxylic acids is 1. The molecule has 2 N–H and O–H groups in total. The molecule has 8 nitrogen and oxygen atoms in total. The van der Waals surface area contributed by atoms with Crippen LogP contribution in [0, 0.1) is 6.92 Å². The van der Waals surface area contributed by atoms with Crippen LogP contribution in [0.15, 0.2) is 36.5 Å². The minimum Gasteiger partial charge on any atom is -0.480 e. The standard InChI is InChI=1S/C22H23N5O3S/c1-12-17-21(30-4)26-16(11-29-3)27-22(17)31-18(12)20(28)24-13(2)19-23-10-15(25-19)14-8-6-5-7-9-14/h5-10,13H,11H2,1-4H3,(H,23,25)(H,24,28). The number of ether oxygens (including phenoxy) is 2. The van der Waals surface area contributed by atoms with Gasteiger partial charge in [0.15, 0.2) is 5.82 Å². The van der Waals surface area contributed by atoms with Gasteiger partial charge in [0.25, 0.3) is 5.91 Å². The zero-order chi connectivity index (χ0) is 22.0. The van der Waals surface area contributed by atoms with E-state index in [0.717, 1.165) is 22.2 Å². The molecule has 1 amide bonds. The van der Waals surface area contributed by atoms with Crippen LogP contribution in [0.4, 0.5) is 0 Å². The summed E-state index contributed by atoms with van der Waals surface area (Å²) >= 11 is 1.31. The summed E-state index contributed by atoms with van der Waals surface area (Å²) in [7, 11) is 3.14. The number of aromatic amines is 1. The number of benzene rings is 1. The lowest BCUT2D eigenvalue weighted by atomic mass is 10.2. The van der Waals surface area contributed by atoms with Gasteiger partial charge in [0.1, 0.15) is 17.3 Å². The van der Waals surface area contributed by atoms with Crippen LogP contribution in [0.1, 0.15) is 39.8 Å². The molecule has 4 aromatic rings. The highest BCUT2D eigenvalue weighted by Gasteiger charge is 2.23. The van der Waals surface area contributed by atoms with Gasteiger partial charge >= 0.3 is 0 Å². The van der Waals surface area contributed by atoms with Crippen molar-refractivity contribution >= 4 is 27.5 Å². The summed E-state index contributed by atoms with van der Waals surface area (Å²) in [5.74, 6) is 1.45. The number of hydrogen-bond acceptors (Lipinski definition) is 7. The molecule has 1 atom stereocenters. The van der Waals surface area contributed by atoms with Gasteiger partial charge in [-0.15, -0.1) is 11.3 Å². The zero-order valence-corrected chi connectivity index (χ0v) is 18.5. The van der Waals surface area contributed by atoms with Gasteiger partial charge < -0.3 is 19.8 Å². The molecule has 3 aromatic heterocycles. The SMILES string of the molecule is COCc1nc(OC)c2c(C)c(C(=O)NC(C)c3ncc(-c4ccccc4)[nH]3)sc2n1. The molecular formula is C22H23N5O3S. The number of nitrogens with one attached hydrogen (secondary N) is 2. The summed E-state index contributed by atoms with van der Waals surface area (Å²) in [5.41, 5.74) is 2.73. The fraction of sp³-hybridized carbons (Fsp3) is 0.273. The van der Waals surface area contributed by atoms with Crippen molar-refractivity contribution in [2.24, 2.45) is 0 Å². The first-order chi connectivity index (χ1) is 15.0. The van der Waals surface area contributed by atoms with Crippen LogP contribution in [0.2, 0.25) is 0 Å². The number of H-pyrrole nitrogens is 1. The molecule has 160 valence electrons. The summed E-state index contributed by atoms with van der Waals surface area (Å²) in [6, 6.07) is 9.63. The number of methoxy groups -OCH3 is 2. The van der Waals surface area contributed by atoms with E-state index in [0.29, 0.717) is 27.2 Å². The maximum absolute atomic E-state index is 13.0. The quantitative estimate of drug-likeness (QED) is 0.452. The van der Waals surface area contributed by atoms with E-state index in [1.807, 2.05) is 44.2 Å². The monoisotopic (exact) mass is 437 g/mol. The lowest BCUT2D eigenvalue weighted by Crippen LogP contribution is -2.27. The third-order valence-corrected chi connectivity index (χ3v) is 6.10. The summed E-state index contributed by atoms with van der Waals surface area (Å²) in [5, 5.41) is 3.77. The minimum atomic E-state index is -0.299. The van der Waals surface area contributed by atoms with Gasteiger partial charge in [-0.05, 0) is 25.0 Å². The van der Waals surface area contributed by atoms with Crippen LogP contribution in [0.25, 0.3) is 21.5 Å². The van der Waals surface area contributed by atoms with Gasteiger partial charge in [0.05, 0.1) is 35.3 Å². The zero-order valence-electron chi connectivity index (χ0n) is 17.7. The van der Waals surface area contributed by atoms with E-state index in [9.17, 15) is 4.79 Å². The predicted molar refractivity (Wildman–Crippen MR) is 119 cm³/mol. The maximum Gasteiger partial charge on any atom is 0.262 e. The minimum absolute atomic E-state index is 0.194. The number of hydrogen-bond donors (Lipinski definition) is 2. The number of fused-ring (bicyclic) bond motifs is 1. The molecule has 0 spiro atoms. The lowest BCUT2D eigenvalue weighted by molar-refractivity contribution is 0.0942. The molecule has 0 radical (unpaired) electrons. The second-order valence-electron chi connectivity index (χ2n) is 7.06. The summed E-state index contributed by atoms with van der Waals surface area (Å²) in [4.78, 5) is 30.9. The first kappa shape index (κ1) is 21.0. The van der Waals surface area contributed by atoms with E-state index in [1.54, 1.807) is 20.4 Å². The molecule has 0 bridgehead atoms. The van der Waals surface area contributed by atoms with Crippen LogP contribution in [-0.2, 0) is 11.3 Å². The molecule has 1 unspecified atom stereocenters. The normalized spacial score (nSPS) is 12.1. The smallest absolute Gasteiger partial charge is 0.262 e. The number of nitrogens with zero attached hydrogens (tertiary/aromatic N) is 3. The number of aromatic nitrogens is 4. The van der Waals surface area contributed by atoms with E-state index in [-0.39, 0.29) is 18.6 Å². The van der Waals surface area contributed by atoms with E-state index in [2.05, 4.69) is 25.3 Å². The highest BCUT2D eigenvalue weighted by molar-refractivity contribution is 7.20. The second kappa shape index (κ2) is 8.83. The first-order valence-corrected chi connectivity index (χ1v) is 10.6. The first-order valence-electron chi connectivity index (χ1n) is 9.76. The van der Waals surface area contributed by atoms with Crippen molar-refractivity contribution in [3.8, 4) is 17.1 Å². The van der Waals surface area contributed by atoms with Crippen molar-refractivity contribution in [3.05, 3.63) is 58.6 Å². The number of imidazole rings is 1. The van der Waals surface area contributed by atoms with E-state index in [4.69, 9.17) is 9.47 Å². The van der Waals surface area contributed by atoms with Crippen LogP contribution < -0.4 is 10.1 Å². The fourth-order valence-corrected chi connectivity index (χ4v) is 4.45. The second-order valence-corrected chi connectivity index (χ2v) is 8.06. The average molecular weight is 438 g/mol. The Hall–Kier alpha value is -3.30. The Labute approximate surface area is 183 Å². The van der Waals surface area contributed by atoms with Gasteiger partial charge in [0.2, 0.25) is 5.88 Å². The molecule has 3 heterocycles. The van der Waals surface area contributed by atoms with E-state index in [1.165, 1.54) is 11.3 Å². The van der Waals surface area contributed by atoms with Crippen LogP contribution in [0.5, 0.6) is 5.88 Å². The summed E-state index contributed by atoms with van der Waals surface area (Å²) < 4.78 is 10.6. The number of aryl methyl sites for hydroxylation is 1. The highest BCUT2D eigenvalue weighted by Crippen LogP contribution is 2.35. The maximum atomic E-state index is 13.0. The Bertz CT molecular complexity index is 1220. The lowest BCUT2D eigenvalue weighted by Gasteiger charge is -2.11. The average Bonchev–Trinajstić information content (AvgIpc) is 3.40. The van der Waals surface area contributed by atoms with Gasteiger partial charge in [-0.3, -0.25) is 4.79 Å². The molecule has 0 fully saturated rings. The Balaban J connectivity index is 1.58. The largest absolute Gasteiger partial charge is 0.480 e. The fourth-order valence-electron chi connectivity index (χ4n) is 3.35. The highest BCUT2D eigenvalue weighted by atomic mass is 32.1. The molecule has 0 aliphatic carbocycles. The topological polar surface area (TPSA) is 102 Å². The van der Waals surface area contributed by atoms with Gasteiger partial charge in [-0.2, -0.15) is 4.98 Å². The third-order valence-electron chi connectivity index (χ3n) is 4.91. The molecular weight excluding hydrogens is 414 g/mol. The van der Waals surface area contributed by atoms with Crippen LogP contribution in [0.3, 0.4) is 0 Å². The molecule has 9 heteroatoms. The molecule has 0 saturated heterocycles. The third kappa shape index (κ3) is 4.14. The Morgan fingerprint density at radius 2 is 2.00 bits per heavy atom. The molecule has 0 aliphatic rings. The Kier molecular flexibility index (Phi) is 5.97. The van der Waals surface area contributed by atoms with Crippen molar-refractivity contribution in [2.45, 2.75) is 26.5 Å². The molecule has 4 rings (SSSR count). The Morgan fingerprint density at radius 3 is 2.71 bits per heavy atom. The Morgan fingerprint density at radius 1 is 1.23 bits per heavy atom. The summed E-state index contributed by atoms with van der Waals surface area (Å²) in [6.45, 7) is 4.04. The van der Waals surface area contributed by atoms with Gasteiger partial charge in [0, 0.05) is 7.11 Å². The van der Waals surface area contributed by atoms with Crippen molar-refractivity contribution < 1.29 is 14.3 Å². The van der Waals surface area contributed by atoms with Crippen molar-refractivity contribution in [2.75, 3.05) is 14.2 Å². The predicted octanol–water partition coefficient (Wildman–Crippen LogP) is 4.04. The number of amides is 1.